The Labute approximate surface area is 136 Å². The fourth-order valence-corrected chi connectivity index (χ4v) is 1.82. The lowest BCUT2D eigenvalue weighted by atomic mass is 10.1. The van der Waals surface area contributed by atoms with Gasteiger partial charge in [-0.15, -0.1) is 5.10 Å². The molecule has 0 aliphatic carbocycles. The second kappa shape index (κ2) is 7.49. The molecule has 0 aliphatic rings. The lowest BCUT2D eigenvalue weighted by molar-refractivity contribution is -0.137. The van der Waals surface area contributed by atoms with Crippen molar-refractivity contribution >= 4 is 12.2 Å². The Morgan fingerprint density at radius 3 is 2.42 bits per heavy atom. The highest BCUT2D eigenvalue weighted by Crippen LogP contribution is 2.29. The number of ether oxygens (including phenoxy) is 1. The first-order valence-corrected chi connectivity index (χ1v) is 6.85. The number of rotatable bonds is 5. The standard InChI is InChI=1S/C16H15F3N4O/c17-16(18,19)13-3-1-2-12(8-13)10-24-14-6-4-11(5-7-14)9-22-23-15(20)21/h1-9H,10H2,(H4,20,21,23). The number of alkyl halides is 3. The van der Waals surface area contributed by atoms with Gasteiger partial charge >= 0.3 is 6.18 Å². The number of hydrogen-bond donors (Lipinski definition) is 2. The summed E-state index contributed by atoms with van der Waals surface area (Å²) in [6.07, 6.45) is -2.91. The van der Waals surface area contributed by atoms with Crippen molar-refractivity contribution in [3.63, 3.8) is 0 Å². The number of halogens is 3. The maximum atomic E-state index is 12.6. The maximum Gasteiger partial charge on any atom is 0.416 e. The smallest absolute Gasteiger partial charge is 0.416 e. The molecular formula is C16H15F3N4O. The van der Waals surface area contributed by atoms with Crippen LogP contribution in [0.3, 0.4) is 0 Å². The van der Waals surface area contributed by atoms with E-state index in [0.717, 1.165) is 17.7 Å². The molecule has 2 aromatic carbocycles. The molecule has 0 amide bonds. The highest BCUT2D eigenvalue weighted by atomic mass is 19.4. The van der Waals surface area contributed by atoms with Crippen molar-refractivity contribution in [3.8, 4) is 5.75 Å². The van der Waals surface area contributed by atoms with Crippen LogP contribution in [0, 0.1) is 0 Å². The second-order valence-electron chi connectivity index (χ2n) is 4.83. The van der Waals surface area contributed by atoms with E-state index < -0.39 is 11.7 Å². The molecule has 0 bridgehead atoms. The minimum atomic E-state index is -4.37. The van der Waals surface area contributed by atoms with E-state index in [9.17, 15) is 13.2 Å². The average Bonchev–Trinajstić information content (AvgIpc) is 2.53. The Hall–Kier alpha value is -3.03. The first-order valence-electron chi connectivity index (χ1n) is 6.85. The summed E-state index contributed by atoms with van der Waals surface area (Å²) < 4.78 is 43.4. The summed E-state index contributed by atoms with van der Waals surface area (Å²) >= 11 is 0. The number of benzene rings is 2. The highest BCUT2D eigenvalue weighted by Gasteiger charge is 2.30. The van der Waals surface area contributed by atoms with E-state index in [2.05, 4.69) is 10.2 Å². The summed E-state index contributed by atoms with van der Waals surface area (Å²) in [7, 11) is 0. The van der Waals surface area contributed by atoms with Crippen LogP contribution in [-0.4, -0.2) is 12.2 Å². The molecule has 0 saturated carbocycles. The molecule has 0 atom stereocenters. The Morgan fingerprint density at radius 2 is 1.79 bits per heavy atom. The van der Waals surface area contributed by atoms with Gasteiger partial charge in [0.05, 0.1) is 11.8 Å². The third-order valence-electron chi connectivity index (χ3n) is 2.92. The Bertz CT molecular complexity index is 736. The zero-order chi connectivity index (χ0) is 17.6. The van der Waals surface area contributed by atoms with Gasteiger partial charge in [0.15, 0.2) is 0 Å². The third kappa shape index (κ3) is 5.31. The monoisotopic (exact) mass is 336 g/mol. The van der Waals surface area contributed by atoms with E-state index in [0.29, 0.717) is 11.3 Å². The van der Waals surface area contributed by atoms with Gasteiger partial charge in [0, 0.05) is 0 Å². The first-order chi connectivity index (χ1) is 11.3. The molecular weight excluding hydrogens is 321 g/mol. The molecule has 0 aliphatic heterocycles. The normalized spacial score (nSPS) is 11.5. The summed E-state index contributed by atoms with van der Waals surface area (Å²) in [6.45, 7) is 0.0331. The van der Waals surface area contributed by atoms with Gasteiger partial charge in [0.25, 0.3) is 0 Å². The van der Waals surface area contributed by atoms with Crippen LogP contribution in [0.4, 0.5) is 13.2 Å². The second-order valence-corrected chi connectivity index (χ2v) is 4.83. The van der Waals surface area contributed by atoms with Crippen LogP contribution in [0.15, 0.2) is 58.7 Å². The molecule has 5 nitrogen and oxygen atoms in total. The van der Waals surface area contributed by atoms with Gasteiger partial charge in [-0.1, -0.05) is 12.1 Å². The van der Waals surface area contributed by atoms with E-state index in [4.69, 9.17) is 16.2 Å². The Balaban J connectivity index is 1.98. The summed E-state index contributed by atoms with van der Waals surface area (Å²) in [6, 6.07) is 11.8. The van der Waals surface area contributed by atoms with Crippen molar-refractivity contribution in [1.82, 2.24) is 0 Å². The molecule has 126 valence electrons. The zero-order valence-corrected chi connectivity index (χ0v) is 12.5. The van der Waals surface area contributed by atoms with Crippen LogP contribution in [-0.2, 0) is 12.8 Å². The molecule has 2 aromatic rings. The molecule has 0 heterocycles. The maximum absolute atomic E-state index is 12.6. The van der Waals surface area contributed by atoms with Crippen LogP contribution in [0.1, 0.15) is 16.7 Å². The van der Waals surface area contributed by atoms with Crippen LogP contribution in [0.25, 0.3) is 0 Å². The molecule has 0 aromatic heterocycles. The van der Waals surface area contributed by atoms with Gasteiger partial charge < -0.3 is 16.2 Å². The zero-order valence-electron chi connectivity index (χ0n) is 12.5. The lowest BCUT2D eigenvalue weighted by Crippen LogP contribution is -2.21. The molecule has 8 heteroatoms. The van der Waals surface area contributed by atoms with Gasteiger partial charge in [-0.2, -0.15) is 18.3 Å². The molecule has 0 fully saturated rings. The summed E-state index contributed by atoms with van der Waals surface area (Å²) in [5.74, 6) is 0.374. The molecule has 4 N–H and O–H groups in total. The topological polar surface area (TPSA) is 86.0 Å². The van der Waals surface area contributed by atoms with E-state index >= 15 is 0 Å². The fourth-order valence-electron chi connectivity index (χ4n) is 1.82. The largest absolute Gasteiger partial charge is 0.489 e. The molecule has 0 spiro atoms. The Morgan fingerprint density at radius 1 is 1.08 bits per heavy atom. The lowest BCUT2D eigenvalue weighted by Gasteiger charge is -2.10. The number of nitrogens with two attached hydrogens (primary N) is 2. The molecule has 2 rings (SSSR count). The highest BCUT2D eigenvalue weighted by molar-refractivity contribution is 5.81. The molecule has 0 radical (unpaired) electrons. The number of nitrogens with zero attached hydrogens (tertiary/aromatic N) is 2. The van der Waals surface area contributed by atoms with Crippen LogP contribution < -0.4 is 16.2 Å². The van der Waals surface area contributed by atoms with E-state index in [1.807, 2.05) is 0 Å². The van der Waals surface area contributed by atoms with E-state index in [1.165, 1.54) is 12.3 Å². The Kier molecular flexibility index (Phi) is 5.41. The summed E-state index contributed by atoms with van der Waals surface area (Å²) in [5.41, 5.74) is 10.7. The van der Waals surface area contributed by atoms with Crippen LogP contribution in [0.2, 0.25) is 0 Å². The van der Waals surface area contributed by atoms with Crippen molar-refractivity contribution < 1.29 is 17.9 Å². The van der Waals surface area contributed by atoms with Crippen LogP contribution >= 0.6 is 0 Å². The van der Waals surface area contributed by atoms with Crippen molar-refractivity contribution in [3.05, 3.63) is 65.2 Å². The van der Waals surface area contributed by atoms with Gasteiger partial charge in [0.1, 0.15) is 12.4 Å². The van der Waals surface area contributed by atoms with Gasteiger partial charge in [0.2, 0.25) is 5.96 Å². The summed E-state index contributed by atoms with van der Waals surface area (Å²) in [4.78, 5) is 0. The molecule has 24 heavy (non-hydrogen) atoms. The van der Waals surface area contributed by atoms with E-state index in [1.54, 1.807) is 30.3 Å². The van der Waals surface area contributed by atoms with Gasteiger partial charge in [-0.25, -0.2) is 0 Å². The van der Waals surface area contributed by atoms with Crippen LogP contribution in [0.5, 0.6) is 5.75 Å². The SMILES string of the molecule is NC(N)=NN=Cc1ccc(OCc2cccc(C(F)(F)F)c2)cc1. The van der Waals surface area contributed by atoms with Crippen molar-refractivity contribution in [2.75, 3.05) is 0 Å². The minimum absolute atomic E-state index is 0.0331. The average molecular weight is 336 g/mol. The first kappa shape index (κ1) is 17.3. The predicted octanol–water partition coefficient (Wildman–Crippen LogP) is 2.89. The van der Waals surface area contributed by atoms with Crippen molar-refractivity contribution in [2.24, 2.45) is 21.7 Å². The van der Waals surface area contributed by atoms with Gasteiger partial charge in [-0.3, -0.25) is 0 Å². The van der Waals surface area contributed by atoms with Gasteiger partial charge in [-0.05, 0) is 47.5 Å². The van der Waals surface area contributed by atoms with Crippen molar-refractivity contribution in [2.45, 2.75) is 12.8 Å². The summed E-state index contributed by atoms with van der Waals surface area (Å²) in [5, 5.41) is 7.13. The molecule has 0 saturated heterocycles. The third-order valence-corrected chi connectivity index (χ3v) is 2.92. The van der Waals surface area contributed by atoms with E-state index in [-0.39, 0.29) is 12.6 Å². The predicted molar refractivity (Wildman–Crippen MR) is 85.6 cm³/mol. The number of hydrogen-bond acceptors (Lipinski definition) is 3. The number of guanidine groups is 1. The van der Waals surface area contributed by atoms with Crippen molar-refractivity contribution in [1.29, 1.82) is 0 Å². The minimum Gasteiger partial charge on any atom is -0.489 e. The quantitative estimate of drug-likeness (QED) is 0.500. The molecule has 0 unspecified atom stereocenters. The fraction of sp³-hybridized carbons (Fsp3) is 0.125.